The number of carboxylic acids is 1. The topological polar surface area (TPSA) is 128 Å². The van der Waals surface area contributed by atoms with Crippen LogP contribution >= 0.6 is 0 Å². The van der Waals surface area contributed by atoms with Crippen LogP contribution in [-0.4, -0.2) is 36.1 Å². The summed E-state index contributed by atoms with van der Waals surface area (Å²) in [5.41, 5.74) is 5.71. The normalized spacial score (nSPS) is 13.9. The molecule has 0 radical (unpaired) electrons. The Bertz CT molecular complexity index is 1000. The van der Waals surface area contributed by atoms with Crippen LogP contribution in [-0.2, 0) is 17.8 Å². The number of carbonyl (C=O) groups excluding carboxylic acids is 1. The zero-order valence-electron chi connectivity index (χ0n) is 13.9. The van der Waals surface area contributed by atoms with Gasteiger partial charge in [0, 0.05) is 24.2 Å². The Kier molecular flexibility index (Phi) is 3.92. The van der Waals surface area contributed by atoms with Crippen LogP contribution in [0.5, 0.6) is 0 Å². The number of hydrogen-bond acceptors (Lipinski definition) is 5. The highest BCUT2D eigenvalue weighted by Crippen LogP contribution is 2.40. The number of amides is 1. The Morgan fingerprint density at radius 3 is 2.77 bits per heavy atom. The third-order valence-corrected chi connectivity index (χ3v) is 4.46. The molecule has 4 N–H and O–H groups in total. The zero-order chi connectivity index (χ0) is 18.3. The van der Waals surface area contributed by atoms with Gasteiger partial charge in [0.05, 0.1) is 30.4 Å². The van der Waals surface area contributed by atoms with E-state index in [4.69, 9.17) is 10.9 Å². The predicted octanol–water partition coefficient (Wildman–Crippen LogP) is 0.687. The molecule has 0 saturated heterocycles. The van der Waals surface area contributed by atoms with Crippen molar-refractivity contribution in [3.63, 3.8) is 0 Å². The minimum Gasteiger partial charge on any atom is -0.478 e. The summed E-state index contributed by atoms with van der Waals surface area (Å²) in [7, 11) is 0. The number of pyridine rings is 1. The van der Waals surface area contributed by atoms with Gasteiger partial charge in [-0.2, -0.15) is 5.10 Å². The van der Waals surface area contributed by atoms with Crippen molar-refractivity contribution in [3.05, 3.63) is 53.2 Å². The minimum atomic E-state index is -1.02. The lowest BCUT2D eigenvalue weighted by Gasteiger charge is -2.07. The van der Waals surface area contributed by atoms with Crippen LogP contribution in [0.1, 0.15) is 45.9 Å². The summed E-state index contributed by atoms with van der Waals surface area (Å²) in [6, 6.07) is 2.02. The van der Waals surface area contributed by atoms with Gasteiger partial charge in [0.25, 0.3) is 0 Å². The first kappa shape index (κ1) is 16.3. The fourth-order valence-corrected chi connectivity index (χ4v) is 3.04. The number of nitrogens with two attached hydrogens (primary N) is 1. The molecule has 3 aromatic rings. The third-order valence-electron chi connectivity index (χ3n) is 4.46. The summed E-state index contributed by atoms with van der Waals surface area (Å²) >= 11 is 0. The van der Waals surface area contributed by atoms with Crippen LogP contribution in [0.4, 0.5) is 0 Å². The van der Waals surface area contributed by atoms with E-state index in [-0.39, 0.29) is 17.9 Å². The number of hydrazine groups is 1. The lowest BCUT2D eigenvalue weighted by atomic mass is 10.1. The fourth-order valence-electron chi connectivity index (χ4n) is 3.04. The van der Waals surface area contributed by atoms with E-state index in [2.05, 4.69) is 15.5 Å². The number of aromatic nitrogens is 4. The average Bonchev–Trinajstić information content (AvgIpc) is 3.22. The molecule has 0 aliphatic heterocycles. The van der Waals surface area contributed by atoms with Crippen LogP contribution < -0.4 is 11.3 Å². The van der Waals surface area contributed by atoms with Gasteiger partial charge in [0.2, 0.25) is 5.91 Å². The summed E-state index contributed by atoms with van der Waals surface area (Å²) in [4.78, 5) is 27.3. The van der Waals surface area contributed by atoms with E-state index in [9.17, 15) is 9.59 Å². The lowest BCUT2D eigenvalue weighted by Crippen LogP contribution is -2.31. The van der Waals surface area contributed by atoms with Crippen LogP contribution in [0.2, 0.25) is 0 Å². The Morgan fingerprint density at radius 2 is 2.12 bits per heavy atom. The van der Waals surface area contributed by atoms with Crippen molar-refractivity contribution in [1.82, 2.24) is 24.6 Å². The van der Waals surface area contributed by atoms with Crippen molar-refractivity contribution in [3.8, 4) is 0 Å². The maximum atomic E-state index is 11.7. The van der Waals surface area contributed by atoms with Gasteiger partial charge < -0.3 is 9.51 Å². The number of rotatable bonds is 6. The van der Waals surface area contributed by atoms with Crippen LogP contribution in [0.25, 0.3) is 5.65 Å². The highest BCUT2D eigenvalue weighted by molar-refractivity contribution is 5.86. The molecule has 4 rings (SSSR count). The molecular formula is C17H18N6O3. The SMILES string of the molecule is NNC(=O)Cc1cc(C2CC2)cn2cc(Cn3cc(C(=O)O)cn3)nc12. The quantitative estimate of drug-likeness (QED) is 0.339. The van der Waals surface area contributed by atoms with Crippen molar-refractivity contribution < 1.29 is 14.7 Å². The van der Waals surface area contributed by atoms with Gasteiger partial charge in [0.15, 0.2) is 0 Å². The molecule has 0 unspecified atom stereocenters. The monoisotopic (exact) mass is 354 g/mol. The van der Waals surface area contributed by atoms with Crippen LogP contribution in [0.15, 0.2) is 30.9 Å². The first-order valence-corrected chi connectivity index (χ1v) is 8.29. The van der Waals surface area contributed by atoms with Gasteiger partial charge in [-0.15, -0.1) is 0 Å². The maximum absolute atomic E-state index is 11.7. The lowest BCUT2D eigenvalue weighted by molar-refractivity contribution is -0.120. The maximum Gasteiger partial charge on any atom is 0.338 e. The van der Waals surface area contributed by atoms with Crippen molar-refractivity contribution >= 4 is 17.5 Å². The fraction of sp³-hybridized carbons (Fsp3) is 0.294. The second-order valence-corrected chi connectivity index (χ2v) is 6.51. The second kappa shape index (κ2) is 6.26. The molecule has 26 heavy (non-hydrogen) atoms. The van der Waals surface area contributed by atoms with Gasteiger partial charge in [-0.25, -0.2) is 15.6 Å². The molecule has 1 aliphatic rings. The van der Waals surface area contributed by atoms with Gasteiger partial charge in [-0.3, -0.25) is 14.9 Å². The molecule has 0 aromatic carbocycles. The van der Waals surface area contributed by atoms with E-state index in [0.29, 0.717) is 18.1 Å². The highest BCUT2D eigenvalue weighted by Gasteiger charge is 2.25. The van der Waals surface area contributed by atoms with E-state index in [1.165, 1.54) is 22.6 Å². The molecule has 1 amide bonds. The molecule has 0 atom stereocenters. The van der Waals surface area contributed by atoms with E-state index in [1.54, 1.807) is 0 Å². The number of carbonyl (C=O) groups is 2. The van der Waals surface area contributed by atoms with Gasteiger partial charge in [-0.05, 0) is 30.4 Å². The molecule has 1 aliphatic carbocycles. The number of hydrogen-bond donors (Lipinski definition) is 3. The van der Waals surface area contributed by atoms with Crippen LogP contribution in [0.3, 0.4) is 0 Å². The van der Waals surface area contributed by atoms with Crippen molar-refractivity contribution in [2.24, 2.45) is 5.84 Å². The number of aromatic carboxylic acids is 1. The van der Waals surface area contributed by atoms with E-state index < -0.39 is 5.97 Å². The molecular weight excluding hydrogens is 336 g/mol. The van der Waals surface area contributed by atoms with Crippen molar-refractivity contribution in [2.75, 3.05) is 0 Å². The second-order valence-electron chi connectivity index (χ2n) is 6.51. The molecule has 134 valence electrons. The number of carboxylic acid groups (broad SMARTS) is 1. The first-order valence-electron chi connectivity index (χ1n) is 8.29. The Hall–Kier alpha value is -3.20. The Morgan fingerprint density at radius 1 is 1.31 bits per heavy atom. The molecule has 0 bridgehead atoms. The smallest absolute Gasteiger partial charge is 0.338 e. The van der Waals surface area contributed by atoms with Crippen molar-refractivity contribution in [1.29, 1.82) is 0 Å². The Balaban J connectivity index is 1.68. The molecule has 9 heteroatoms. The van der Waals surface area contributed by atoms with E-state index >= 15 is 0 Å². The summed E-state index contributed by atoms with van der Waals surface area (Å²) in [5.74, 6) is 4.46. The Labute approximate surface area is 148 Å². The number of nitrogens with zero attached hydrogens (tertiary/aromatic N) is 4. The predicted molar refractivity (Wildman–Crippen MR) is 91.5 cm³/mol. The molecule has 3 heterocycles. The number of nitrogens with one attached hydrogen (secondary N) is 1. The zero-order valence-corrected chi connectivity index (χ0v) is 13.9. The van der Waals surface area contributed by atoms with E-state index in [0.717, 1.165) is 24.1 Å². The molecule has 0 spiro atoms. The third kappa shape index (κ3) is 3.16. The van der Waals surface area contributed by atoms with E-state index in [1.807, 2.05) is 22.9 Å². The average molecular weight is 354 g/mol. The van der Waals surface area contributed by atoms with Gasteiger partial charge in [-0.1, -0.05) is 0 Å². The summed E-state index contributed by atoms with van der Waals surface area (Å²) < 4.78 is 3.45. The molecule has 3 aromatic heterocycles. The standard InChI is InChI=1S/C17H18N6O3/c18-21-15(24)4-11-3-12(10-1-2-10)6-22-8-14(20-16(11)22)9-23-7-13(5-19-23)17(25)26/h3,5-8,10H,1-2,4,9,18H2,(H,21,24)(H,25,26). The largest absolute Gasteiger partial charge is 0.478 e. The summed E-state index contributed by atoms with van der Waals surface area (Å²) in [5, 5.41) is 13.0. The first-order chi connectivity index (χ1) is 12.5. The molecule has 1 fully saturated rings. The minimum absolute atomic E-state index is 0.130. The summed E-state index contributed by atoms with van der Waals surface area (Å²) in [6.07, 6.45) is 9.15. The van der Waals surface area contributed by atoms with Crippen molar-refractivity contribution in [2.45, 2.75) is 31.7 Å². The van der Waals surface area contributed by atoms with Gasteiger partial charge >= 0.3 is 5.97 Å². The van der Waals surface area contributed by atoms with Gasteiger partial charge in [0.1, 0.15) is 5.65 Å². The van der Waals surface area contributed by atoms with Crippen LogP contribution in [0, 0.1) is 0 Å². The molecule has 1 saturated carbocycles. The summed E-state index contributed by atoms with van der Waals surface area (Å²) in [6.45, 7) is 0.343. The highest BCUT2D eigenvalue weighted by atomic mass is 16.4. The number of fused-ring (bicyclic) bond motifs is 1. The number of imidazole rings is 1. The molecule has 9 nitrogen and oxygen atoms in total.